The molecule has 1 aliphatic rings. The molecule has 1 aromatic heterocycles. The Morgan fingerprint density at radius 3 is 2.86 bits per heavy atom. The second-order valence-corrected chi connectivity index (χ2v) is 5.14. The molecule has 14 heavy (non-hydrogen) atoms. The molecular weight excluding hydrogens is 192 g/mol. The summed E-state index contributed by atoms with van der Waals surface area (Å²) in [6.07, 6.45) is 6.92. The van der Waals surface area contributed by atoms with Gasteiger partial charge < -0.3 is 5.32 Å². The summed E-state index contributed by atoms with van der Waals surface area (Å²) in [6, 6.07) is 0.741. The van der Waals surface area contributed by atoms with E-state index in [2.05, 4.69) is 22.6 Å². The van der Waals surface area contributed by atoms with Gasteiger partial charge in [-0.05, 0) is 19.8 Å². The van der Waals surface area contributed by atoms with Crippen LogP contribution in [0.4, 0.5) is 0 Å². The molecule has 0 amide bonds. The fourth-order valence-corrected chi connectivity index (χ4v) is 2.66. The van der Waals surface area contributed by atoms with Gasteiger partial charge in [-0.1, -0.05) is 19.3 Å². The summed E-state index contributed by atoms with van der Waals surface area (Å²) in [5.41, 5.74) is 1.21. The summed E-state index contributed by atoms with van der Waals surface area (Å²) in [6.45, 7) is 3.02. The van der Waals surface area contributed by atoms with Gasteiger partial charge in [0.2, 0.25) is 0 Å². The lowest BCUT2D eigenvalue weighted by Gasteiger charge is -2.22. The van der Waals surface area contributed by atoms with Crippen LogP contribution in [0, 0.1) is 6.92 Å². The normalized spacial score (nSPS) is 18.6. The van der Waals surface area contributed by atoms with Gasteiger partial charge in [0.1, 0.15) is 0 Å². The Kier molecular flexibility index (Phi) is 3.54. The van der Waals surface area contributed by atoms with Gasteiger partial charge in [-0.15, -0.1) is 11.3 Å². The summed E-state index contributed by atoms with van der Waals surface area (Å²) in [5, 5.41) is 6.92. The molecular formula is C11H18N2S. The monoisotopic (exact) mass is 210 g/mol. The fourth-order valence-electron chi connectivity index (χ4n) is 2.05. The zero-order valence-corrected chi connectivity index (χ0v) is 9.57. The van der Waals surface area contributed by atoms with Gasteiger partial charge in [0.15, 0.2) is 0 Å². The highest BCUT2D eigenvalue weighted by Crippen LogP contribution is 2.18. The van der Waals surface area contributed by atoms with Crippen molar-refractivity contribution in [1.29, 1.82) is 0 Å². The first-order chi connectivity index (χ1) is 6.84. The molecule has 0 bridgehead atoms. The van der Waals surface area contributed by atoms with Gasteiger partial charge in [0.25, 0.3) is 0 Å². The summed E-state index contributed by atoms with van der Waals surface area (Å²) in [5.74, 6) is 0. The molecule has 0 unspecified atom stereocenters. The highest BCUT2D eigenvalue weighted by atomic mass is 32.1. The van der Waals surface area contributed by atoms with Crippen molar-refractivity contribution in [3.05, 3.63) is 16.1 Å². The number of thiazole rings is 1. The van der Waals surface area contributed by atoms with Gasteiger partial charge >= 0.3 is 0 Å². The molecule has 1 aromatic rings. The third kappa shape index (κ3) is 2.79. The topological polar surface area (TPSA) is 24.9 Å². The summed E-state index contributed by atoms with van der Waals surface area (Å²) in [4.78, 5) is 4.45. The third-order valence-electron chi connectivity index (χ3n) is 2.84. The number of nitrogens with one attached hydrogen (secondary N) is 1. The first kappa shape index (κ1) is 10.1. The molecule has 0 aliphatic heterocycles. The van der Waals surface area contributed by atoms with Crippen LogP contribution in [0.1, 0.15) is 42.8 Å². The number of aryl methyl sites for hydroxylation is 1. The molecule has 0 radical (unpaired) electrons. The highest BCUT2D eigenvalue weighted by molar-refractivity contribution is 7.09. The number of hydrogen-bond donors (Lipinski definition) is 1. The van der Waals surface area contributed by atoms with Crippen molar-refractivity contribution in [2.24, 2.45) is 0 Å². The quantitative estimate of drug-likeness (QED) is 0.829. The Labute approximate surface area is 89.8 Å². The van der Waals surface area contributed by atoms with Crippen molar-refractivity contribution in [3.8, 4) is 0 Å². The number of aromatic nitrogens is 1. The van der Waals surface area contributed by atoms with Crippen LogP contribution < -0.4 is 5.32 Å². The van der Waals surface area contributed by atoms with Crippen LogP contribution in [0.2, 0.25) is 0 Å². The van der Waals surface area contributed by atoms with Crippen LogP contribution in [-0.4, -0.2) is 11.0 Å². The Morgan fingerprint density at radius 2 is 2.21 bits per heavy atom. The van der Waals surface area contributed by atoms with E-state index in [9.17, 15) is 0 Å². The molecule has 3 heteroatoms. The zero-order chi connectivity index (χ0) is 9.80. The summed E-state index contributed by atoms with van der Waals surface area (Å²) in [7, 11) is 0. The minimum absolute atomic E-state index is 0.741. The van der Waals surface area contributed by atoms with Crippen molar-refractivity contribution in [2.75, 3.05) is 0 Å². The van der Waals surface area contributed by atoms with Crippen LogP contribution in [0.25, 0.3) is 0 Å². The van der Waals surface area contributed by atoms with Crippen LogP contribution in [0.15, 0.2) is 5.38 Å². The smallest absolute Gasteiger partial charge is 0.0897 e. The van der Waals surface area contributed by atoms with E-state index in [1.54, 1.807) is 11.3 Å². The molecule has 1 saturated carbocycles. The largest absolute Gasteiger partial charge is 0.308 e. The summed E-state index contributed by atoms with van der Waals surface area (Å²) >= 11 is 1.74. The predicted molar refractivity (Wildman–Crippen MR) is 60.6 cm³/mol. The Hall–Kier alpha value is -0.410. The fraction of sp³-hybridized carbons (Fsp3) is 0.727. The number of rotatable bonds is 3. The van der Waals surface area contributed by atoms with Gasteiger partial charge in [-0.25, -0.2) is 4.98 Å². The van der Waals surface area contributed by atoms with Crippen molar-refractivity contribution >= 4 is 11.3 Å². The molecule has 1 fully saturated rings. The highest BCUT2D eigenvalue weighted by Gasteiger charge is 2.12. The van der Waals surface area contributed by atoms with Gasteiger partial charge in [-0.3, -0.25) is 0 Å². The van der Waals surface area contributed by atoms with Gasteiger partial charge in [-0.2, -0.15) is 0 Å². The average molecular weight is 210 g/mol. The molecule has 2 rings (SSSR count). The second kappa shape index (κ2) is 4.89. The average Bonchev–Trinajstić information content (AvgIpc) is 2.63. The lowest BCUT2D eigenvalue weighted by Crippen LogP contribution is -2.30. The van der Waals surface area contributed by atoms with E-state index in [0.29, 0.717) is 0 Å². The first-order valence-corrected chi connectivity index (χ1v) is 6.37. The van der Waals surface area contributed by atoms with E-state index < -0.39 is 0 Å². The third-order valence-corrected chi connectivity index (χ3v) is 3.67. The molecule has 78 valence electrons. The molecule has 0 atom stereocenters. The van der Waals surface area contributed by atoms with Crippen molar-refractivity contribution in [2.45, 2.75) is 51.6 Å². The molecule has 1 heterocycles. The van der Waals surface area contributed by atoms with E-state index in [0.717, 1.165) is 12.6 Å². The minimum atomic E-state index is 0.741. The lowest BCUT2D eigenvalue weighted by molar-refractivity contribution is 0.371. The molecule has 0 aromatic carbocycles. The maximum Gasteiger partial charge on any atom is 0.0897 e. The Morgan fingerprint density at radius 1 is 1.43 bits per heavy atom. The number of nitrogens with zero attached hydrogens (tertiary/aromatic N) is 1. The molecule has 1 aliphatic carbocycles. The van der Waals surface area contributed by atoms with E-state index in [1.165, 1.54) is 42.8 Å². The van der Waals surface area contributed by atoms with Crippen molar-refractivity contribution in [3.63, 3.8) is 0 Å². The predicted octanol–water partition coefficient (Wildman–Crippen LogP) is 2.87. The van der Waals surface area contributed by atoms with Crippen molar-refractivity contribution < 1.29 is 0 Å². The van der Waals surface area contributed by atoms with E-state index in [-0.39, 0.29) is 0 Å². The Balaban J connectivity index is 1.76. The minimum Gasteiger partial charge on any atom is -0.308 e. The summed E-state index contributed by atoms with van der Waals surface area (Å²) < 4.78 is 0. The van der Waals surface area contributed by atoms with Crippen LogP contribution >= 0.6 is 11.3 Å². The SMILES string of the molecule is Cc1nc(CNC2CCCCC2)cs1. The molecule has 0 spiro atoms. The van der Waals surface area contributed by atoms with Crippen LogP contribution in [0.3, 0.4) is 0 Å². The maximum absolute atomic E-state index is 4.45. The standard InChI is InChI=1S/C11H18N2S/c1-9-13-11(8-14-9)7-12-10-5-3-2-4-6-10/h8,10,12H,2-7H2,1H3. The maximum atomic E-state index is 4.45. The number of hydrogen-bond acceptors (Lipinski definition) is 3. The zero-order valence-electron chi connectivity index (χ0n) is 8.75. The lowest BCUT2D eigenvalue weighted by atomic mass is 9.95. The van der Waals surface area contributed by atoms with E-state index >= 15 is 0 Å². The Bertz CT molecular complexity index is 277. The van der Waals surface area contributed by atoms with Gasteiger partial charge in [0, 0.05) is 18.0 Å². The van der Waals surface area contributed by atoms with Gasteiger partial charge in [0.05, 0.1) is 10.7 Å². The van der Waals surface area contributed by atoms with E-state index in [4.69, 9.17) is 0 Å². The molecule has 0 saturated heterocycles. The van der Waals surface area contributed by atoms with Crippen LogP contribution in [-0.2, 0) is 6.54 Å². The van der Waals surface area contributed by atoms with E-state index in [1.807, 2.05) is 0 Å². The molecule has 1 N–H and O–H groups in total. The van der Waals surface area contributed by atoms with Crippen molar-refractivity contribution in [1.82, 2.24) is 10.3 Å². The second-order valence-electron chi connectivity index (χ2n) is 4.07. The first-order valence-electron chi connectivity index (χ1n) is 5.49. The van der Waals surface area contributed by atoms with Crippen LogP contribution in [0.5, 0.6) is 0 Å². The molecule has 2 nitrogen and oxygen atoms in total.